The molecule has 0 spiro atoms. The van der Waals surface area contributed by atoms with Crippen molar-refractivity contribution in [1.29, 1.82) is 0 Å². The summed E-state index contributed by atoms with van der Waals surface area (Å²) in [6, 6.07) is 4.61. The summed E-state index contributed by atoms with van der Waals surface area (Å²) in [4.78, 5) is 26.9. The lowest BCUT2D eigenvalue weighted by atomic mass is 9.73. The van der Waals surface area contributed by atoms with Crippen LogP contribution in [0.2, 0.25) is 10.0 Å². The van der Waals surface area contributed by atoms with E-state index >= 15 is 0 Å². The van der Waals surface area contributed by atoms with Crippen LogP contribution in [0.3, 0.4) is 0 Å². The minimum Gasteiger partial charge on any atom is -0.393 e. The molecule has 1 aromatic rings. The van der Waals surface area contributed by atoms with Crippen molar-refractivity contribution in [2.24, 2.45) is 11.8 Å². The van der Waals surface area contributed by atoms with Gasteiger partial charge in [0.1, 0.15) is 5.60 Å². The predicted octanol–water partition coefficient (Wildman–Crippen LogP) is 2.19. The third kappa shape index (κ3) is 1.76. The van der Waals surface area contributed by atoms with Crippen molar-refractivity contribution in [3.63, 3.8) is 0 Å². The van der Waals surface area contributed by atoms with Crippen molar-refractivity contribution in [2.45, 2.75) is 18.1 Å². The lowest BCUT2D eigenvalue weighted by molar-refractivity contribution is -0.131. The first kappa shape index (κ1) is 15.1. The average Bonchev–Trinajstić information content (AvgIpc) is 3.07. The van der Waals surface area contributed by atoms with Crippen LogP contribution in [-0.4, -0.2) is 34.7 Å². The number of fused-ring (bicyclic) bond motifs is 5. The van der Waals surface area contributed by atoms with E-state index in [0.29, 0.717) is 10.7 Å². The van der Waals surface area contributed by atoms with E-state index in [1.54, 1.807) is 31.2 Å². The molecule has 0 radical (unpaired) electrons. The van der Waals surface area contributed by atoms with E-state index in [4.69, 9.17) is 27.9 Å². The Balaban J connectivity index is 1.83. The van der Waals surface area contributed by atoms with E-state index in [2.05, 4.69) is 0 Å². The number of nitrogens with zero attached hydrogens (tertiary/aromatic N) is 1. The maximum Gasteiger partial charge on any atom is 0.241 e. The number of ether oxygens (including phenoxy) is 1. The Bertz CT molecular complexity index is 779. The fraction of sp³-hybridized carbons (Fsp3) is 0.375. The van der Waals surface area contributed by atoms with E-state index < -0.39 is 28.9 Å². The van der Waals surface area contributed by atoms with Gasteiger partial charge in [0, 0.05) is 5.02 Å². The van der Waals surface area contributed by atoms with Gasteiger partial charge in [-0.05, 0) is 25.1 Å². The van der Waals surface area contributed by atoms with Crippen LogP contribution in [0.5, 0.6) is 0 Å². The van der Waals surface area contributed by atoms with Crippen LogP contribution in [-0.2, 0) is 14.3 Å². The fourth-order valence-electron chi connectivity index (χ4n) is 3.94. The van der Waals surface area contributed by atoms with E-state index in [-0.39, 0.29) is 17.5 Å². The molecule has 1 N–H and O–H groups in total. The SMILES string of the molecule is C[C@@]12C=C[C@@](CO)(O1)[C@H]1C(=O)N(c3ccc(Cl)cc3Cl)C(=O)[C@H]12. The Morgan fingerprint density at radius 2 is 1.91 bits per heavy atom. The zero-order chi connectivity index (χ0) is 16.6. The highest BCUT2D eigenvalue weighted by molar-refractivity contribution is 6.38. The maximum absolute atomic E-state index is 12.9. The minimum absolute atomic E-state index is 0.226. The molecule has 4 rings (SSSR count). The number of carbonyl (C=O) groups is 2. The molecule has 3 aliphatic rings. The van der Waals surface area contributed by atoms with Gasteiger partial charge < -0.3 is 9.84 Å². The summed E-state index contributed by atoms with van der Waals surface area (Å²) in [5, 5.41) is 10.4. The van der Waals surface area contributed by atoms with Crippen molar-refractivity contribution in [3.8, 4) is 0 Å². The average molecular weight is 354 g/mol. The van der Waals surface area contributed by atoms with Crippen molar-refractivity contribution in [1.82, 2.24) is 0 Å². The highest BCUT2D eigenvalue weighted by atomic mass is 35.5. The van der Waals surface area contributed by atoms with E-state index in [9.17, 15) is 14.7 Å². The van der Waals surface area contributed by atoms with Gasteiger partial charge in [0.05, 0.1) is 34.8 Å². The molecule has 0 aromatic heterocycles. The van der Waals surface area contributed by atoms with Crippen molar-refractivity contribution in [2.75, 3.05) is 11.5 Å². The molecular formula is C16H13Cl2NO4. The number of hydrogen-bond acceptors (Lipinski definition) is 4. The maximum atomic E-state index is 12.9. The quantitative estimate of drug-likeness (QED) is 0.653. The van der Waals surface area contributed by atoms with Crippen LogP contribution >= 0.6 is 23.2 Å². The second-order valence-corrected chi connectivity index (χ2v) is 7.14. The number of aliphatic hydroxyl groups excluding tert-OH is 1. The summed E-state index contributed by atoms with van der Waals surface area (Å²) < 4.78 is 5.85. The minimum atomic E-state index is -1.14. The second kappa shape index (κ2) is 4.57. The van der Waals surface area contributed by atoms with Gasteiger partial charge in [0.25, 0.3) is 0 Å². The zero-order valence-electron chi connectivity index (χ0n) is 12.1. The molecule has 2 saturated heterocycles. The molecule has 3 aliphatic heterocycles. The van der Waals surface area contributed by atoms with Crippen molar-refractivity contribution >= 4 is 40.7 Å². The normalized spacial score (nSPS) is 37.8. The highest BCUT2D eigenvalue weighted by Gasteiger charge is 2.72. The van der Waals surface area contributed by atoms with Gasteiger partial charge in [0.15, 0.2) is 0 Å². The number of aliphatic hydroxyl groups is 1. The Morgan fingerprint density at radius 1 is 1.22 bits per heavy atom. The Kier molecular flexibility index (Phi) is 3.01. The largest absolute Gasteiger partial charge is 0.393 e. The topological polar surface area (TPSA) is 66.8 Å². The van der Waals surface area contributed by atoms with Gasteiger partial charge in [-0.15, -0.1) is 0 Å². The van der Waals surface area contributed by atoms with Crippen LogP contribution in [0.1, 0.15) is 6.92 Å². The molecule has 2 bridgehead atoms. The van der Waals surface area contributed by atoms with Gasteiger partial charge in [-0.2, -0.15) is 0 Å². The number of anilines is 1. The van der Waals surface area contributed by atoms with Gasteiger partial charge >= 0.3 is 0 Å². The number of carbonyl (C=O) groups excluding carboxylic acids is 2. The number of rotatable bonds is 2. The molecule has 120 valence electrons. The summed E-state index contributed by atoms with van der Waals surface area (Å²) in [6.45, 7) is 1.39. The lowest BCUT2D eigenvalue weighted by Crippen LogP contribution is -2.43. The zero-order valence-corrected chi connectivity index (χ0v) is 13.6. The Hall–Kier alpha value is -1.40. The third-order valence-corrected chi connectivity index (χ3v) is 5.49. The Morgan fingerprint density at radius 3 is 2.57 bits per heavy atom. The van der Waals surface area contributed by atoms with Gasteiger partial charge in [-0.1, -0.05) is 35.4 Å². The van der Waals surface area contributed by atoms with E-state index in [1.807, 2.05) is 0 Å². The highest BCUT2D eigenvalue weighted by Crippen LogP contribution is 2.57. The summed E-state index contributed by atoms with van der Waals surface area (Å²) in [5.41, 5.74) is -1.73. The van der Waals surface area contributed by atoms with Gasteiger partial charge in [-0.3, -0.25) is 9.59 Å². The van der Waals surface area contributed by atoms with Crippen LogP contribution in [0.25, 0.3) is 0 Å². The number of amides is 2. The summed E-state index contributed by atoms with van der Waals surface area (Å²) in [7, 11) is 0. The summed E-state index contributed by atoms with van der Waals surface area (Å²) in [5.74, 6) is -2.20. The molecule has 2 amide bonds. The smallest absolute Gasteiger partial charge is 0.241 e. The first-order valence-electron chi connectivity index (χ1n) is 7.17. The van der Waals surface area contributed by atoms with Crippen LogP contribution in [0.4, 0.5) is 5.69 Å². The molecule has 5 nitrogen and oxygen atoms in total. The van der Waals surface area contributed by atoms with E-state index in [0.717, 1.165) is 4.90 Å². The van der Waals surface area contributed by atoms with Crippen LogP contribution in [0.15, 0.2) is 30.4 Å². The first-order chi connectivity index (χ1) is 10.8. The van der Waals surface area contributed by atoms with Crippen molar-refractivity contribution in [3.05, 3.63) is 40.4 Å². The molecular weight excluding hydrogens is 341 g/mol. The van der Waals surface area contributed by atoms with Gasteiger partial charge in [-0.25, -0.2) is 4.90 Å². The lowest BCUT2D eigenvalue weighted by Gasteiger charge is -2.27. The molecule has 0 unspecified atom stereocenters. The van der Waals surface area contributed by atoms with Crippen molar-refractivity contribution < 1.29 is 19.4 Å². The van der Waals surface area contributed by atoms with Crippen LogP contribution < -0.4 is 4.90 Å². The molecule has 0 aliphatic carbocycles. The van der Waals surface area contributed by atoms with E-state index in [1.165, 1.54) is 6.07 Å². The number of benzene rings is 1. The summed E-state index contributed by atoms with van der Waals surface area (Å²) in [6.07, 6.45) is 3.44. The second-order valence-electron chi connectivity index (χ2n) is 6.30. The predicted molar refractivity (Wildman–Crippen MR) is 84.4 cm³/mol. The molecule has 4 atom stereocenters. The molecule has 0 saturated carbocycles. The molecule has 23 heavy (non-hydrogen) atoms. The molecule has 2 fully saturated rings. The fourth-order valence-corrected chi connectivity index (χ4v) is 4.43. The van der Waals surface area contributed by atoms with Gasteiger partial charge in [0.2, 0.25) is 11.8 Å². The first-order valence-corrected chi connectivity index (χ1v) is 7.93. The molecule has 3 heterocycles. The molecule has 7 heteroatoms. The summed E-state index contributed by atoms with van der Waals surface area (Å²) >= 11 is 12.0. The number of imide groups is 1. The number of hydrogen-bond donors (Lipinski definition) is 1. The molecule has 1 aromatic carbocycles. The number of halogens is 2. The van der Waals surface area contributed by atoms with Crippen LogP contribution in [0, 0.1) is 11.8 Å². The monoisotopic (exact) mass is 353 g/mol. The Labute approximate surface area is 142 Å². The third-order valence-electron chi connectivity index (χ3n) is 4.95. The standard InChI is InChI=1S/C16H13Cl2NO4/c1-15-4-5-16(7-20,23-15)12-11(15)13(21)19(14(12)22)10-3-2-8(17)6-9(10)18/h2-6,11-12,20H,7H2,1H3/t11-,12+,15-,16-/m0/s1.